The lowest BCUT2D eigenvalue weighted by molar-refractivity contribution is 0.369. The van der Waals surface area contributed by atoms with E-state index in [1.54, 1.807) is 12.1 Å². The molecule has 4 N–H and O–H groups in total. The largest absolute Gasteiger partial charge is 0.503 e. The molecule has 1 aliphatic heterocycles. The molecule has 8 heteroatoms. The van der Waals surface area contributed by atoms with E-state index in [1.807, 2.05) is 0 Å². The summed E-state index contributed by atoms with van der Waals surface area (Å²) in [5.74, 6) is 0.231. The summed E-state index contributed by atoms with van der Waals surface area (Å²) in [5, 5.41) is 26.9. The number of H-pyrrole nitrogens is 1. The molecule has 1 atom stereocenters. The van der Waals surface area contributed by atoms with E-state index in [4.69, 9.17) is 15.2 Å². The van der Waals surface area contributed by atoms with E-state index in [0.717, 1.165) is 29.7 Å². The van der Waals surface area contributed by atoms with Crippen LogP contribution in [0.25, 0.3) is 0 Å². The van der Waals surface area contributed by atoms with Crippen molar-refractivity contribution >= 4 is 15.9 Å². The third-order valence-electron chi connectivity index (χ3n) is 4.12. The molecule has 0 fully saturated rings. The molecule has 130 valence electrons. The third kappa shape index (κ3) is 2.81. The lowest BCUT2D eigenvalue weighted by Crippen LogP contribution is -2.21. The van der Waals surface area contributed by atoms with Crippen molar-refractivity contribution in [3.63, 3.8) is 0 Å². The first kappa shape index (κ1) is 17.2. The Kier molecular flexibility index (Phi) is 4.59. The minimum Gasteiger partial charge on any atom is -0.503 e. The number of phenols is 1. The number of halogens is 1. The second-order valence-corrected chi connectivity index (χ2v) is 6.50. The number of aromatic hydroxyl groups is 1. The molecule has 1 aliphatic rings. The van der Waals surface area contributed by atoms with Crippen LogP contribution in [0.5, 0.6) is 17.4 Å². The Morgan fingerprint density at radius 2 is 2.28 bits per heavy atom. The number of nitrogens with two attached hydrogens (primary N) is 1. The fraction of sp³-hybridized carbons (Fsp3) is 0.294. The highest BCUT2D eigenvalue weighted by atomic mass is 79.9. The predicted molar refractivity (Wildman–Crippen MR) is 94.2 cm³/mol. The number of rotatable bonds is 4. The van der Waals surface area contributed by atoms with Gasteiger partial charge in [0.1, 0.15) is 11.6 Å². The van der Waals surface area contributed by atoms with Gasteiger partial charge in [-0.1, -0.05) is 13.3 Å². The van der Waals surface area contributed by atoms with E-state index < -0.39 is 5.92 Å². The molecule has 0 saturated carbocycles. The molecule has 0 spiro atoms. The van der Waals surface area contributed by atoms with Crippen LogP contribution in [0.3, 0.4) is 0 Å². The average molecular weight is 405 g/mol. The maximum Gasteiger partial charge on any atom is 0.244 e. The van der Waals surface area contributed by atoms with Gasteiger partial charge in [-0.2, -0.15) is 5.26 Å². The van der Waals surface area contributed by atoms with Crippen molar-refractivity contribution in [1.82, 2.24) is 10.2 Å². The molecule has 0 amide bonds. The second kappa shape index (κ2) is 6.69. The number of ether oxygens (including phenoxy) is 2. The van der Waals surface area contributed by atoms with Crippen LogP contribution in [0.4, 0.5) is 0 Å². The van der Waals surface area contributed by atoms with Gasteiger partial charge >= 0.3 is 0 Å². The number of benzene rings is 1. The van der Waals surface area contributed by atoms with Crippen molar-refractivity contribution in [2.24, 2.45) is 5.73 Å². The van der Waals surface area contributed by atoms with E-state index >= 15 is 0 Å². The number of hydrogen-bond donors (Lipinski definition) is 3. The molecular formula is C17H17BrN4O3. The standard InChI is InChI=1S/C17H17BrN4O3/c1-3-4-11-14-13(8-5-10(18)15(23)12(6-8)24-2)9(7-19)16(20)25-17(14)22-21-11/h5-6,13,23H,3-4,20H2,1-2H3,(H,21,22)/t13-/m1/s1. The lowest BCUT2D eigenvalue weighted by atomic mass is 9.83. The highest BCUT2D eigenvalue weighted by molar-refractivity contribution is 9.10. The Bertz CT molecular complexity index is 898. The molecule has 0 aliphatic carbocycles. The zero-order chi connectivity index (χ0) is 18.1. The fourth-order valence-corrected chi connectivity index (χ4v) is 3.46. The molecule has 1 aromatic heterocycles. The molecule has 0 saturated heterocycles. The fourth-order valence-electron chi connectivity index (χ4n) is 3.00. The first-order chi connectivity index (χ1) is 12.0. The summed E-state index contributed by atoms with van der Waals surface area (Å²) in [4.78, 5) is 0. The Morgan fingerprint density at radius 3 is 2.92 bits per heavy atom. The number of nitrogens with one attached hydrogen (secondary N) is 1. The zero-order valence-corrected chi connectivity index (χ0v) is 15.3. The van der Waals surface area contributed by atoms with Crippen molar-refractivity contribution in [2.75, 3.05) is 7.11 Å². The smallest absolute Gasteiger partial charge is 0.244 e. The summed E-state index contributed by atoms with van der Waals surface area (Å²) >= 11 is 3.33. The average Bonchev–Trinajstić information content (AvgIpc) is 2.98. The van der Waals surface area contributed by atoms with E-state index in [2.05, 4.69) is 39.1 Å². The summed E-state index contributed by atoms with van der Waals surface area (Å²) in [7, 11) is 1.47. The van der Waals surface area contributed by atoms with Crippen molar-refractivity contribution in [3.05, 3.63) is 44.9 Å². The number of hydrogen-bond acceptors (Lipinski definition) is 6. The topological polar surface area (TPSA) is 117 Å². The van der Waals surface area contributed by atoms with Gasteiger partial charge in [-0.15, -0.1) is 5.10 Å². The molecule has 2 heterocycles. The summed E-state index contributed by atoms with van der Waals surface area (Å²) in [5.41, 5.74) is 8.66. The van der Waals surface area contributed by atoms with E-state index in [-0.39, 0.29) is 11.6 Å². The number of aromatic amines is 1. The maximum atomic E-state index is 10.1. The Morgan fingerprint density at radius 1 is 1.52 bits per heavy atom. The number of nitrogens with zero attached hydrogens (tertiary/aromatic N) is 2. The molecule has 0 unspecified atom stereocenters. The number of methoxy groups -OCH3 is 1. The summed E-state index contributed by atoms with van der Waals surface area (Å²) in [6.45, 7) is 2.06. The van der Waals surface area contributed by atoms with Gasteiger partial charge in [0.25, 0.3) is 0 Å². The molecule has 25 heavy (non-hydrogen) atoms. The van der Waals surface area contributed by atoms with Gasteiger partial charge in [-0.25, -0.2) is 0 Å². The van der Waals surface area contributed by atoms with Gasteiger partial charge in [-0.3, -0.25) is 5.10 Å². The van der Waals surface area contributed by atoms with Crippen LogP contribution in [0.15, 0.2) is 28.1 Å². The normalized spacial score (nSPS) is 16.2. The summed E-state index contributed by atoms with van der Waals surface area (Å²) < 4.78 is 11.2. The van der Waals surface area contributed by atoms with Gasteiger partial charge in [0.2, 0.25) is 11.8 Å². The quantitative estimate of drug-likeness (QED) is 0.720. The van der Waals surface area contributed by atoms with Crippen molar-refractivity contribution in [1.29, 1.82) is 5.26 Å². The number of phenolic OH excluding ortho intramolecular Hbond substituents is 1. The lowest BCUT2D eigenvalue weighted by Gasteiger charge is -2.24. The molecule has 7 nitrogen and oxygen atoms in total. The Balaban J connectivity index is 2.25. The predicted octanol–water partition coefficient (Wildman–Crippen LogP) is 3.06. The second-order valence-electron chi connectivity index (χ2n) is 5.65. The van der Waals surface area contributed by atoms with Crippen LogP contribution in [0, 0.1) is 11.3 Å². The third-order valence-corrected chi connectivity index (χ3v) is 4.73. The highest BCUT2D eigenvalue weighted by Crippen LogP contribution is 2.46. The first-order valence-corrected chi connectivity index (χ1v) is 8.52. The monoisotopic (exact) mass is 404 g/mol. The minimum absolute atomic E-state index is 0.00466. The number of nitriles is 1. The van der Waals surface area contributed by atoms with E-state index in [1.165, 1.54) is 7.11 Å². The summed E-state index contributed by atoms with van der Waals surface area (Å²) in [6.07, 6.45) is 1.67. The minimum atomic E-state index is -0.458. The van der Waals surface area contributed by atoms with Crippen LogP contribution in [-0.2, 0) is 6.42 Å². The maximum absolute atomic E-state index is 10.1. The summed E-state index contributed by atoms with van der Waals surface area (Å²) in [6, 6.07) is 5.57. The van der Waals surface area contributed by atoms with Gasteiger partial charge in [0.15, 0.2) is 11.5 Å². The van der Waals surface area contributed by atoms with E-state index in [9.17, 15) is 10.4 Å². The molecule has 2 aromatic rings. The number of aryl methyl sites for hydroxylation is 1. The number of aromatic nitrogens is 2. The van der Waals surface area contributed by atoms with Gasteiger partial charge < -0.3 is 20.3 Å². The number of fused-ring (bicyclic) bond motifs is 1. The Hall–Kier alpha value is -2.66. The van der Waals surface area contributed by atoms with Crippen molar-refractivity contribution in [2.45, 2.75) is 25.7 Å². The van der Waals surface area contributed by atoms with Crippen LogP contribution in [0.1, 0.15) is 36.1 Å². The number of allylic oxidation sites excluding steroid dienone is 1. The molecule has 0 radical (unpaired) electrons. The van der Waals surface area contributed by atoms with Crippen LogP contribution >= 0.6 is 15.9 Å². The first-order valence-electron chi connectivity index (χ1n) is 7.72. The molecule has 1 aromatic carbocycles. The highest BCUT2D eigenvalue weighted by Gasteiger charge is 2.35. The van der Waals surface area contributed by atoms with Gasteiger partial charge in [0.05, 0.1) is 17.5 Å². The molecule has 0 bridgehead atoms. The SMILES string of the molecule is CCCc1[nH]nc2c1[C@H](c1cc(Br)c(O)c(OC)c1)C(C#N)=C(N)O2. The molecule has 3 rings (SSSR count). The van der Waals surface area contributed by atoms with Crippen LogP contribution in [0.2, 0.25) is 0 Å². The van der Waals surface area contributed by atoms with Crippen molar-refractivity contribution in [3.8, 4) is 23.4 Å². The van der Waals surface area contributed by atoms with Crippen LogP contribution < -0.4 is 15.2 Å². The Labute approximate surface area is 153 Å². The molecular weight excluding hydrogens is 388 g/mol. The van der Waals surface area contributed by atoms with Gasteiger partial charge in [-0.05, 0) is 40.0 Å². The zero-order valence-electron chi connectivity index (χ0n) is 13.8. The van der Waals surface area contributed by atoms with E-state index in [0.29, 0.717) is 21.7 Å². The van der Waals surface area contributed by atoms with Crippen LogP contribution in [-0.4, -0.2) is 22.4 Å². The van der Waals surface area contributed by atoms with Gasteiger partial charge in [0, 0.05) is 11.3 Å². The van der Waals surface area contributed by atoms with Crippen molar-refractivity contribution < 1.29 is 14.6 Å².